The Morgan fingerprint density at radius 3 is 2.73 bits per heavy atom. The number of piperidine rings is 1. The molecule has 1 aliphatic carbocycles. The largest absolute Gasteiger partial charge is 0.586 e. The third-order valence-corrected chi connectivity index (χ3v) is 6.99. The van der Waals surface area contributed by atoms with Crippen molar-refractivity contribution in [3.05, 3.63) is 53.4 Å². The average Bonchev–Trinajstić information content (AvgIpc) is 3.34. The number of halogens is 2. The number of nitrogens with one attached hydrogen (secondary N) is 1. The number of allylic oxidation sites excluding steroid dienone is 1. The first-order valence-corrected chi connectivity index (χ1v) is 11.2. The Labute approximate surface area is 190 Å². The molecule has 33 heavy (non-hydrogen) atoms. The second-order valence-corrected chi connectivity index (χ2v) is 9.38. The number of hydrogen-bond acceptors (Lipinski definition) is 5. The molecule has 0 radical (unpaired) electrons. The van der Waals surface area contributed by atoms with Crippen LogP contribution in [0.1, 0.15) is 29.7 Å². The molecular formula is C24H24F2N4O3. The van der Waals surface area contributed by atoms with E-state index in [0.717, 1.165) is 67.9 Å². The lowest BCUT2D eigenvalue weighted by Crippen LogP contribution is -2.62. The van der Waals surface area contributed by atoms with Gasteiger partial charge in [-0.15, -0.1) is 8.78 Å². The number of aromatic nitrogens is 1. The molecule has 1 aromatic heterocycles. The molecule has 4 aliphatic rings. The van der Waals surface area contributed by atoms with Gasteiger partial charge in [0.1, 0.15) is 0 Å². The Hall–Kier alpha value is -3.20. The number of carbonyl (C=O) groups is 1. The Morgan fingerprint density at radius 2 is 1.91 bits per heavy atom. The van der Waals surface area contributed by atoms with Gasteiger partial charge in [-0.3, -0.25) is 9.88 Å². The summed E-state index contributed by atoms with van der Waals surface area (Å²) in [6.45, 7) is 3.98. The molecule has 7 nitrogen and oxygen atoms in total. The Morgan fingerprint density at radius 1 is 1.12 bits per heavy atom. The van der Waals surface area contributed by atoms with E-state index in [4.69, 9.17) is 0 Å². The number of hydrogen-bond donors (Lipinski definition) is 1. The average molecular weight is 454 g/mol. The molecule has 1 spiro atoms. The third kappa shape index (κ3) is 3.90. The van der Waals surface area contributed by atoms with Crippen LogP contribution in [0.5, 0.6) is 11.5 Å². The van der Waals surface area contributed by atoms with Crippen LogP contribution in [0, 0.1) is 5.41 Å². The van der Waals surface area contributed by atoms with Gasteiger partial charge in [-0.05, 0) is 55.3 Å². The number of rotatable bonds is 3. The van der Waals surface area contributed by atoms with Gasteiger partial charge in [0.15, 0.2) is 11.5 Å². The van der Waals surface area contributed by atoms with Gasteiger partial charge in [0.05, 0.1) is 17.6 Å². The third-order valence-electron chi connectivity index (χ3n) is 6.99. The fraction of sp³-hybridized carbons (Fsp3) is 0.417. The van der Waals surface area contributed by atoms with Crippen molar-refractivity contribution in [1.29, 1.82) is 0 Å². The van der Waals surface area contributed by atoms with Gasteiger partial charge in [-0.1, -0.05) is 18.2 Å². The van der Waals surface area contributed by atoms with E-state index in [1.807, 2.05) is 17.0 Å². The predicted octanol–water partition coefficient (Wildman–Crippen LogP) is 4.10. The van der Waals surface area contributed by atoms with Crippen molar-refractivity contribution < 1.29 is 23.0 Å². The highest BCUT2D eigenvalue weighted by molar-refractivity contribution is 5.90. The predicted molar refractivity (Wildman–Crippen MR) is 117 cm³/mol. The van der Waals surface area contributed by atoms with E-state index in [2.05, 4.69) is 30.8 Å². The summed E-state index contributed by atoms with van der Waals surface area (Å²) in [6, 6.07) is 6.84. The number of alkyl halides is 2. The molecule has 0 saturated carbocycles. The van der Waals surface area contributed by atoms with Crippen molar-refractivity contribution in [2.45, 2.75) is 32.1 Å². The zero-order valence-electron chi connectivity index (χ0n) is 18.0. The van der Waals surface area contributed by atoms with E-state index >= 15 is 0 Å². The molecule has 2 amide bonds. The second-order valence-electron chi connectivity index (χ2n) is 9.38. The van der Waals surface area contributed by atoms with Crippen LogP contribution < -0.4 is 14.8 Å². The summed E-state index contributed by atoms with van der Waals surface area (Å²) >= 11 is 0. The number of pyridine rings is 1. The number of likely N-dealkylation sites (tertiary alicyclic amines) is 2. The van der Waals surface area contributed by atoms with E-state index in [0.29, 0.717) is 6.54 Å². The van der Waals surface area contributed by atoms with E-state index in [9.17, 15) is 13.6 Å². The van der Waals surface area contributed by atoms with Crippen LogP contribution in [0.3, 0.4) is 0 Å². The van der Waals surface area contributed by atoms with Gasteiger partial charge in [-0.2, -0.15) is 0 Å². The fourth-order valence-electron chi connectivity index (χ4n) is 5.15. The zero-order chi connectivity index (χ0) is 22.6. The van der Waals surface area contributed by atoms with Crippen molar-refractivity contribution in [3.8, 4) is 11.5 Å². The maximum absolute atomic E-state index is 13.2. The van der Waals surface area contributed by atoms with Gasteiger partial charge in [0.25, 0.3) is 0 Å². The lowest BCUT2D eigenvalue weighted by atomic mass is 9.72. The van der Waals surface area contributed by atoms with Crippen molar-refractivity contribution >= 4 is 17.8 Å². The van der Waals surface area contributed by atoms with Crippen LogP contribution in [0.2, 0.25) is 0 Å². The molecular weight excluding hydrogens is 430 g/mol. The first kappa shape index (κ1) is 20.4. The first-order chi connectivity index (χ1) is 15.9. The minimum Gasteiger partial charge on any atom is -0.395 e. The van der Waals surface area contributed by atoms with Crippen LogP contribution in [0.25, 0.3) is 6.08 Å². The van der Waals surface area contributed by atoms with E-state index in [1.165, 1.54) is 6.07 Å². The van der Waals surface area contributed by atoms with Gasteiger partial charge in [-0.25, -0.2) is 4.79 Å². The summed E-state index contributed by atoms with van der Waals surface area (Å²) in [5, 5.41) is 2.97. The smallest absolute Gasteiger partial charge is 0.395 e. The molecule has 6 rings (SSSR count). The summed E-state index contributed by atoms with van der Waals surface area (Å²) in [6.07, 6.45) is 5.09. The molecule has 172 valence electrons. The molecule has 0 unspecified atom stereocenters. The molecule has 4 heterocycles. The topological polar surface area (TPSA) is 66.9 Å². The van der Waals surface area contributed by atoms with Gasteiger partial charge in [0.2, 0.25) is 0 Å². The van der Waals surface area contributed by atoms with Crippen LogP contribution in [0.15, 0.2) is 36.5 Å². The first-order valence-electron chi connectivity index (χ1n) is 11.2. The highest BCUT2D eigenvalue weighted by Crippen LogP contribution is 2.43. The SMILES string of the molecule is O=C(Nc1cnc2c(c1)C=CC2)N1CC2(CCN(Cc3ccc4c(c3)OC(F)(F)O4)CC2)C1. The second kappa shape index (κ2) is 7.41. The Balaban J connectivity index is 0.994. The molecule has 1 N–H and O–H groups in total. The summed E-state index contributed by atoms with van der Waals surface area (Å²) in [5.41, 5.74) is 3.92. The van der Waals surface area contributed by atoms with Crippen molar-refractivity contribution in [3.63, 3.8) is 0 Å². The molecule has 2 fully saturated rings. The number of anilines is 1. The van der Waals surface area contributed by atoms with Gasteiger partial charge < -0.3 is 19.7 Å². The highest BCUT2D eigenvalue weighted by atomic mass is 19.3. The molecule has 2 aromatic rings. The van der Waals surface area contributed by atoms with E-state index in [1.54, 1.807) is 18.3 Å². The zero-order valence-corrected chi connectivity index (χ0v) is 18.0. The van der Waals surface area contributed by atoms with E-state index in [-0.39, 0.29) is 22.9 Å². The van der Waals surface area contributed by atoms with Gasteiger partial charge in [0, 0.05) is 31.5 Å². The van der Waals surface area contributed by atoms with Crippen LogP contribution >= 0.6 is 0 Å². The summed E-state index contributed by atoms with van der Waals surface area (Å²) in [4.78, 5) is 21.2. The quantitative estimate of drug-likeness (QED) is 0.757. The molecule has 9 heteroatoms. The normalized spacial score (nSPS) is 21.7. The standard InChI is InChI=1S/C24H24F2N4O3/c25-24(26)32-20-5-4-16(10-21(20)33-24)13-29-8-6-23(7-9-29)14-30(15-23)22(31)28-18-11-17-2-1-3-19(17)27-12-18/h1-2,4-5,10-12H,3,6-9,13-15H2,(H,28,31). The van der Waals surface area contributed by atoms with Crippen molar-refractivity contribution in [2.24, 2.45) is 5.41 Å². The minimum absolute atomic E-state index is 0.0707. The molecule has 1 aromatic carbocycles. The lowest BCUT2D eigenvalue weighted by Gasteiger charge is -2.53. The molecule has 3 aliphatic heterocycles. The lowest BCUT2D eigenvalue weighted by molar-refractivity contribution is -0.286. The van der Waals surface area contributed by atoms with Gasteiger partial charge >= 0.3 is 12.3 Å². The summed E-state index contributed by atoms with van der Waals surface area (Å²) in [7, 11) is 0. The Bertz CT molecular complexity index is 1140. The highest BCUT2D eigenvalue weighted by Gasteiger charge is 2.47. The molecule has 0 bridgehead atoms. The van der Waals surface area contributed by atoms with E-state index < -0.39 is 6.29 Å². The van der Waals surface area contributed by atoms with Crippen LogP contribution in [0.4, 0.5) is 19.3 Å². The number of urea groups is 1. The fourth-order valence-corrected chi connectivity index (χ4v) is 5.15. The molecule has 2 saturated heterocycles. The monoisotopic (exact) mass is 454 g/mol. The van der Waals surface area contributed by atoms with Crippen LogP contribution in [-0.4, -0.2) is 53.3 Å². The summed E-state index contributed by atoms with van der Waals surface area (Å²) < 4.78 is 35.5. The number of nitrogens with zero attached hydrogens (tertiary/aromatic N) is 3. The number of fused-ring (bicyclic) bond motifs is 2. The maximum Gasteiger partial charge on any atom is 0.586 e. The Kier molecular flexibility index (Phi) is 4.58. The van der Waals surface area contributed by atoms with Crippen LogP contribution in [-0.2, 0) is 13.0 Å². The summed E-state index contributed by atoms with van der Waals surface area (Å²) in [5.74, 6) is 0.155. The number of ether oxygens (including phenoxy) is 2. The number of benzene rings is 1. The van der Waals surface area contributed by atoms with Crippen molar-refractivity contribution in [1.82, 2.24) is 14.8 Å². The minimum atomic E-state index is -3.59. The number of amides is 2. The van der Waals surface area contributed by atoms with Crippen molar-refractivity contribution in [2.75, 3.05) is 31.5 Å². The number of carbonyl (C=O) groups excluding carboxylic acids is 1. The molecule has 0 atom stereocenters. The maximum atomic E-state index is 13.2.